The number of carbonyl (C=O) groups is 1. The first-order valence-electron chi connectivity index (χ1n) is 9.50. The fourth-order valence-electron chi connectivity index (χ4n) is 3.32. The summed E-state index contributed by atoms with van der Waals surface area (Å²) in [5.74, 6) is 0.938. The summed E-state index contributed by atoms with van der Waals surface area (Å²) in [6.45, 7) is 2.84. The van der Waals surface area contributed by atoms with Gasteiger partial charge in [0.25, 0.3) is 5.91 Å². The average molecular weight is 377 g/mol. The van der Waals surface area contributed by atoms with Crippen molar-refractivity contribution in [3.63, 3.8) is 0 Å². The lowest BCUT2D eigenvalue weighted by Crippen LogP contribution is -2.29. The Labute approximate surface area is 163 Å². The Balaban J connectivity index is 1.41. The van der Waals surface area contributed by atoms with Gasteiger partial charge < -0.3 is 15.6 Å². The molecule has 3 N–H and O–H groups in total. The van der Waals surface area contributed by atoms with Crippen molar-refractivity contribution >= 4 is 17.3 Å². The van der Waals surface area contributed by atoms with Crippen LogP contribution in [0.25, 0.3) is 11.4 Å². The zero-order chi connectivity index (χ0) is 19.3. The first-order chi connectivity index (χ1) is 13.7. The smallest absolute Gasteiger partial charge is 0.255 e. The Morgan fingerprint density at radius 2 is 1.82 bits per heavy atom. The van der Waals surface area contributed by atoms with Gasteiger partial charge in [-0.15, -0.1) is 0 Å². The second-order valence-electron chi connectivity index (χ2n) is 6.97. The molecule has 2 heterocycles. The van der Waals surface area contributed by atoms with Crippen LogP contribution in [0.4, 0.5) is 11.4 Å². The minimum Gasteiger partial charge on any atom is -0.397 e. The average Bonchev–Trinajstić information content (AvgIpc) is 3.19. The van der Waals surface area contributed by atoms with Gasteiger partial charge in [-0.2, -0.15) is 4.98 Å². The van der Waals surface area contributed by atoms with Gasteiger partial charge in [0.15, 0.2) is 0 Å². The molecule has 0 unspecified atom stereocenters. The largest absolute Gasteiger partial charge is 0.397 e. The van der Waals surface area contributed by atoms with Crippen LogP contribution in [0, 0.1) is 0 Å². The third-order valence-corrected chi connectivity index (χ3v) is 4.89. The third-order valence-electron chi connectivity index (χ3n) is 4.89. The Morgan fingerprint density at radius 1 is 1.07 bits per heavy atom. The number of benzene rings is 2. The molecule has 3 aromatic rings. The summed E-state index contributed by atoms with van der Waals surface area (Å²) in [7, 11) is 0. The van der Waals surface area contributed by atoms with Crippen LogP contribution < -0.4 is 11.1 Å². The van der Waals surface area contributed by atoms with Gasteiger partial charge >= 0.3 is 0 Å². The van der Waals surface area contributed by atoms with E-state index in [9.17, 15) is 4.79 Å². The molecule has 1 fully saturated rings. The molecule has 28 heavy (non-hydrogen) atoms. The Bertz CT molecular complexity index is 945. The van der Waals surface area contributed by atoms with E-state index >= 15 is 0 Å². The zero-order valence-electron chi connectivity index (χ0n) is 15.6. The van der Waals surface area contributed by atoms with E-state index in [0.717, 1.165) is 18.7 Å². The maximum Gasteiger partial charge on any atom is 0.255 e. The minimum atomic E-state index is -0.219. The van der Waals surface area contributed by atoms with Gasteiger partial charge in [-0.25, -0.2) is 0 Å². The fourth-order valence-corrected chi connectivity index (χ4v) is 3.32. The number of hydrogen-bond donors (Lipinski definition) is 2. The second kappa shape index (κ2) is 8.22. The van der Waals surface area contributed by atoms with Crippen LogP contribution in [-0.4, -0.2) is 34.0 Å². The molecule has 0 spiro atoms. The SMILES string of the molecule is Nc1ccccc1NC(=O)c1ccc(-c2noc(CN3CCCCC3)n2)cc1. The number of piperidine rings is 1. The molecule has 0 bridgehead atoms. The van der Waals surface area contributed by atoms with E-state index in [1.165, 1.54) is 19.3 Å². The summed E-state index contributed by atoms with van der Waals surface area (Å²) < 4.78 is 5.40. The molecule has 7 nitrogen and oxygen atoms in total. The molecule has 4 rings (SSSR count). The van der Waals surface area contributed by atoms with Crippen molar-refractivity contribution in [3.05, 3.63) is 60.0 Å². The van der Waals surface area contributed by atoms with E-state index in [-0.39, 0.29) is 5.91 Å². The van der Waals surface area contributed by atoms with Gasteiger partial charge in [0.2, 0.25) is 11.7 Å². The molecule has 0 saturated carbocycles. The first kappa shape index (κ1) is 18.2. The quantitative estimate of drug-likeness (QED) is 0.660. The first-order valence-corrected chi connectivity index (χ1v) is 9.50. The van der Waals surface area contributed by atoms with Crippen LogP contribution in [0.15, 0.2) is 53.1 Å². The molecular weight excluding hydrogens is 354 g/mol. The van der Waals surface area contributed by atoms with Crippen molar-refractivity contribution in [1.82, 2.24) is 15.0 Å². The van der Waals surface area contributed by atoms with E-state index < -0.39 is 0 Å². The monoisotopic (exact) mass is 377 g/mol. The molecule has 1 saturated heterocycles. The molecular formula is C21H23N5O2. The number of rotatable bonds is 5. The fraction of sp³-hybridized carbons (Fsp3) is 0.286. The number of likely N-dealkylation sites (tertiary alicyclic amines) is 1. The van der Waals surface area contributed by atoms with E-state index in [1.54, 1.807) is 24.3 Å². The number of aromatic nitrogens is 2. The summed E-state index contributed by atoms with van der Waals surface area (Å²) in [4.78, 5) is 19.2. The Morgan fingerprint density at radius 3 is 2.57 bits per heavy atom. The molecule has 0 atom stereocenters. The predicted octanol–water partition coefficient (Wildman–Crippen LogP) is 3.56. The zero-order valence-corrected chi connectivity index (χ0v) is 15.6. The van der Waals surface area contributed by atoms with E-state index in [1.807, 2.05) is 24.3 Å². The molecule has 1 amide bonds. The summed E-state index contributed by atoms with van der Waals surface area (Å²) in [6.07, 6.45) is 3.74. The van der Waals surface area contributed by atoms with Crippen LogP contribution in [0.1, 0.15) is 35.5 Å². The molecule has 0 aliphatic carbocycles. The van der Waals surface area contributed by atoms with Crippen molar-refractivity contribution in [3.8, 4) is 11.4 Å². The van der Waals surface area contributed by atoms with Gasteiger partial charge in [0, 0.05) is 11.1 Å². The van der Waals surface area contributed by atoms with Gasteiger partial charge in [0.05, 0.1) is 17.9 Å². The highest BCUT2D eigenvalue weighted by Crippen LogP contribution is 2.21. The maximum atomic E-state index is 12.4. The number of amides is 1. The lowest BCUT2D eigenvalue weighted by atomic mass is 10.1. The van der Waals surface area contributed by atoms with Crippen molar-refractivity contribution in [1.29, 1.82) is 0 Å². The number of para-hydroxylation sites is 2. The van der Waals surface area contributed by atoms with E-state index in [0.29, 0.717) is 35.2 Å². The number of nitrogens with one attached hydrogen (secondary N) is 1. The highest BCUT2D eigenvalue weighted by atomic mass is 16.5. The van der Waals surface area contributed by atoms with Crippen molar-refractivity contribution in [2.45, 2.75) is 25.8 Å². The molecule has 144 valence electrons. The summed E-state index contributed by atoms with van der Waals surface area (Å²) >= 11 is 0. The third kappa shape index (κ3) is 4.20. The lowest BCUT2D eigenvalue weighted by molar-refractivity contribution is 0.102. The van der Waals surface area contributed by atoms with Crippen LogP contribution in [0.3, 0.4) is 0 Å². The lowest BCUT2D eigenvalue weighted by Gasteiger charge is -2.24. The molecule has 1 aliphatic rings. The van der Waals surface area contributed by atoms with Gasteiger partial charge in [-0.1, -0.05) is 35.8 Å². The number of carbonyl (C=O) groups excluding carboxylic acids is 1. The number of hydrogen-bond acceptors (Lipinski definition) is 6. The molecule has 2 aromatic carbocycles. The number of nitrogens with two attached hydrogens (primary N) is 1. The van der Waals surface area contributed by atoms with E-state index in [4.69, 9.17) is 10.3 Å². The maximum absolute atomic E-state index is 12.4. The molecule has 1 aromatic heterocycles. The summed E-state index contributed by atoms with van der Waals surface area (Å²) in [5, 5.41) is 6.89. The van der Waals surface area contributed by atoms with Gasteiger partial charge in [0.1, 0.15) is 0 Å². The molecule has 0 radical (unpaired) electrons. The van der Waals surface area contributed by atoms with Crippen LogP contribution in [0.5, 0.6) is 0 Å². The number of nitrogens with zero attached hydrogens (tertiary/aromatic N) is 3. The van der Waals surface area contributed by atoms with Crippen LogP contribution >= 0.6 is 0 Å². The predicted molar refractivity (Wildman–Crippen MR) is 108 cm³/mol. The van der Waals surface area contributed by atoms with Crippen LogP contribution in [-0.2, 0) is 6.54 Å². The second-order valence-corrected chi connectivity index (χ2v) is 6.97. The Hall–Kier alpha value is -3.19. The van der Waals surface area contributed by atoms with Gasteiger partial charge in [-0.3, -0.25) is 9.69 Å². The summed E-state index contributed by atoms with van der Waals surface area (Å²) in [6, 6.07) is 14.3. The highest BCUT2D eigenvalue weighted by Gasteiger charge is 2.16. The van der Waals surface area contributed by atoms with Crippen molar-refractivity contribution < 1.29 is 9.32 Å². The van der Waals surface area contributed by atoms with Gasteiger partial charge in [-0.05, 0) is 50.2 Å². The molecule has 1 aliphatic heterocycles. The number of nitrogen functional groups attached to an aromatic ring is 1. The standard InChI is InChI=1S/C21H23N5O2/c22-17-6-2-3-7-18(17)23-21(27)16-10-8-15(9-11-16)20-24-19(28-25-20)14-26-12-4-1-5-13-26/h2-3,6-11H,1,4-5,12-14,22H2,(H,23,27). The molecule has 7 heteroatoms. The topological polar surface area (TPSA) is 97.3 Å². The summed E-state index contributed by atoms with van der Waals surface area (Å²) in [5.41, 5.74) is 8.34. The van der Waals surface area contributed by atoms with Crippen molar-refractivity contribution in [2.24, 2.45) is 0 Å². The normalized spacial score (nSPS) is 14.7. The number of anilines is 2. The minimum absolute atomic E-state index is 0.219. The Kier molecular flexibility index (Phi) is 5.34. The highest BCUT2D eigenvalue weighted by molar-refractivity contribution is 6.05. The van der Waals surface area contributed by atoms with Crippen molar-refractivity contribution in [2.75, 3.05) is 24.1 Å². The van der Waals surface area contributed by atoms with E-state index in [2.05, 4.69) is 20.4 Å². The van der Waals surface area contributed by atoms with Crippen LogP contribution in [0.2, 0.25) is 0 Å².